The Hall–Kier alpha value is -8.70. The third-order valence-electron chi connectivity index (χ3n) is 13.4. The highest BCUT2D eigenvalue weighted by Gasteiger charge is 2.38. The van der Waals surface area contributed by atoms with Crippen molar-refractivity contribution in [3.63, 3.8) is 0 Å². The first-order chi connectivity index (χ1) is 38.5. The topological polar surface area (TPSA) is 254 Å². The quantitative estimate of drug-likeness (QED) is 0.0552. The highest BCUT2D eigenvalue weighted by Crippen LogP contribution is 2.31. The third-order valence-corrected chi connectivity index (χ3v) is 14.0. The maximum Gasteiger partial charge on any atom is 0.305 e. The smallest absolute Gasteiger partial charge is 0.305 e. The minimum Gasteiger partial charge on any atom is -0.481 e. The number of benzene rings is 4. The molecule has 4 aromatic heterocycles. The van der Waals surface area contributed by atoms with E-state index in [2.05, 4.69) is 35.5 Å². The molecule has 8 aromatic rings. The lowest BCUT2D eigenvalue weighted by Gasteiger charge is -2.24. The summed E-state index contributed by atoms with van der Waals surface area (Å²) in [4.78, 5) is 94.0. The summed E-state index contributed by atoms with van der Waals surface area (Å²) >= 11 is 11.1. The Kier molecular flexibility index (Phi) is 19.5. The number of hydrogen-bond acceptors (Lipinski definition) is 13. The van der Waals surface area contributed by atoms with Crippen LogP contribution in [0.25, 0.3) is 44.1 Å². The van der Waals surface area contributed by atoms with Gasteiger partial charge in [0, 0.05) is 91.9 Å². The highest BCUT2D eigenvalue weighted by molar-refractivity contribution is 6.31. The molecule has 0 spiro atoms. The normalized spacial score (nSPS) is 16.4. The van der Waals surface area contributed by atoms with Gasteiger partial charge in [-0.25, -0.2) is 37.5 Å². The van der Waals surface area contributed by atoms with Crippen LogP contribution in [0.1, 0.15) is 79.6 Å². The van der Waals surface area contributed by atoms with E-state index in [-0.39, 0.29) is 104 Å². The molecule has 10 rings (SSSR count). The summed E-state index contributed by atoms with van der Waals surface area (Å²) in [6.45, 7) is 5.54. The number of hydrogen-bond donors (Lipinski definition) is 3. The largest absolute Gasteiger partial charge is 0.481 e. The number of alkyl halides is 2. The van der Waals surface area contributed by atoms with E-state index in [1.807, 2.05) is 12.1 Å². The number of nitrogens with zero attached hydrogens (tertiary/aromatic N) is 10. The first-order valence-electron chi connectivity index (χ1n) is 25.2. The van der Waals surface area contributed by atoms with Crippen LogP contribution in [0.3, 0.4) is 0 Å². The van der Waals surface area contributed by atoms with Crippen LogP contribution in [-0.2, 0) is 32.3 Å². The molecular formula is C57H56Cl2F4N12O7. The molecule has 0 unspecified atom stereocenters. The summed E-state index contributed by atoms with van der Waals surface area (Å²) in [5.41, 5.74) is 9.81. The lowest BCUT2D eigenvalue weighted by molar-refractivity contribution is -0.140. The van der Waals surface area contributed by atoms with Crippen molar-refractivity contribution in [2.45, 2.75) is 98.3 Å². The Morgan fingerprint density at radius 2 is 1.06 bits per heavy atom. The number of carbonyl (C=O) groups is 6. The van der Waals surface area contributed by atoms with Crippen LogP contribution in [0.15, 0.2) is 97.6 Å². The van der Waals surface area contributed by atoms with Crippen molar-refractivity contribution in [2.24, 2.45) is 0 Å². The molecule has 0 aliphatic carbocycles. The van der Waals surface area contributed by atoms with E-state index in [9.17, 15) is 46.3 Å². The summed E-state index contributed by atoms with van der Waals surface area (Å²) in [5.74, 6) is -3.13. The van der Waals surface area contributed by atoms with E-state index in [1.54, 1.807) is 69.0 Å². The molecule has 3 amide bonds. The second-order valence-corrected chi connectivity index (χ2v) is 20.1. The van der Waals surface area contributed by atoms with E-state index in [0.29, 0.717) is 33.5 Å². The number of nitrogen functional groups attached to an aromatic ring is 1. The number of nitrogens with one attached hydrogen (secondary N) is 1. The van der Waals surface area contributed by atoms with Crippen LogP contribution >= 0.6 is 23.2 Å². The Labute approximate surface area is 477 Å². The summed E-state index contributed by atoms with van der Waals surface area (Å²) in [5, 5.41) is 21.3. The van der Waals surface area contributed by atoms with Crippen LogP contribution in [0.4, 0.5) is 28.9 Å². The van der Waals surface area contributed by atoms with Crippen LogP contribution < -0.4 is 11.1 Å². The summed E-state index contributed by atoms with van der Waals surface area (Å²) < 4.78 is 57.8. The molecule has 4 N–H and O–H groups in total. The summed E-state index contributed by atoms with van der Waals surface area (Å²) in [6, 6.07) is 18.0. The van der Waals surface area contributed by atoms with E-state index in [1.165, 1.54) is 63.3 Å². The van der Waals surface area contributed by atoms with E-state index in [0.717, 1.165) is 22.3 Å². The number of carbonyl (C=O) groups excluding carboxylic acids is 5. The fraction of sp³-hybridized carbons (Fsp3) is 0.298. The molecule has 0 radical (unpaired) electrons. The van der Waals surface area contributed by atoms with Gasteiger partial charge >= 0.3 is 5.97 Å². The number of carboxylic acids is 1. The minimum absolute atomic E-state index is 0. The maximum absolute atomic E-state index is 14.4. The van der Waals surface area contributed by atoms with Gasteiger partial charge in [-0.05, 0) is 73.5 Å². The SMILES string of the molecule is C.CC(=O)c1nn(CC(=O)N2C[C@H](F)C[C@H]2CC(=O)Nc2cccc(Cl)c2F)c2ccc(-c3cnc(C)nc3)cc12.CC(=O)c1nn(CC(=O)N2C[C@H](F)C[C@H]2CC(=O)O)c2ccc(-c3cnc(C)nc3)cc12.Nc1cccc(Cl)c1F. The van der Waals surface area contributed by atoms with Gasteiger partial charge in [0.2, 0.25) is 17.7 Å². The second kappa shape index (κ2) is 26.3. The molecule has 25 heteroatoms. The fourth-order valence-electron chi connectivity index (χ4n) is 9.45. The molecule has 2 fully saturated rings. The molecule has 6 heterocycles. The number of aromatic nitrogens is 8. The lowest BCUT2D eigenvalue weighted by atomic mass is 10.0. The number of ketones is 2. The number of Topliss-reactive ketones (excluding diaryl/α,β-unsaturated/α-hetero) is 2. The first kappa shape index (κ1) is 60.9. The standard InChI is InChI=1S/C28H25ClF2N6O3.C22H22FN5O4.C6H5ClFN.CH4/c1-15(38)28-21-8-17(18-11-32-16(2)33-12-18)6-7-24(21)37(35-28)14-26(40)36-13-19(30)9-20(36)10-25(39)34-23-5-3-4-22(29)27(23)31;1-12(29)22-18-5-14(15-8-24-13(2)25-9-15)3-4-19(18)28(26-22)11-20(30)27-10-16(23)6-17(27)7-21(31)32;7-4-2-1-3-5(9)6(4)8;/h3-8,11-12,19-20H,9-10,13-14H2,1-2H3,(H,34,39);3-5,8-9,16-17H,6-7,10-11H2,1-2H3,(H,31,32);1-3H,9H2;1H4/t19-,20+;16-,17+;;/m11../s1. The fourth-order valence-corrected chi connectivity index (χ4v) is 9.81. The van der Waals surface area contributed by atoms with Gasteiger partial charge in [-0.1, -0.05) is 54.9 Å². The van der Waals surface area contributed by atoms with Gasteiger partial charge in [0.05, 0.1) is 52.0 Å². The number of aryl methyl sites for hydroxylation is 2. The average Bonchev–Trinajstić information content (AvgIpc) is 4.41. The lowest BCUT2D eigenvalue weighted by Crippen LogP contribution is -2.40. The van der Waals surface area contributed by atoms with Crippen molar-refractivity contribution < 1.29 is 51.4 Å². The molecule has 428 valence electrons. The molecule has 0 bridgehead atoms. The van der Waals surface area contributed by atoms with Crippen LogP contribution in [-0.4, -0.2) is 127 Å². The molecule has 2 aliphatic heterocycles. The summed E-state index contributed by atoms with van der Waals surface area (Å²) in [6.07, 6.45) is 3.60. The maximum atomic E-state index is 14.4. The summed E-state index contributed by atoms with van der Waals surface area (Å²) in [7, 11) is 0. The zero-order chi connectivity index (χ0) is 58.4. The van der Waals surface area contributed by atoms with Gasteiger partial charge in [0.15, 0.2) is 23.2 Å². The molecular weight excluding hydrogens is 1110 g/mol. The van der Waals surface area contributed by atoms with Gasteiger partial charge in [-0.2, -0.15) is 10.2 Å². The molecule has 82 heavy (non-hydrogen) atoms. The van der Waals surface area contributed by atoms with Crippen molar-refractivity contribution in [2.75, 3.05) is 24.1 Å². The Balaban J connectivity index is 0.000000206. The van der Waals surface area contributed by atoms with E-state index < -0.39 is 59.8 Å². The van der Waals surface area contributed by atoms with Crippen LogP contribution in [0.2, 0.25) is 10.0 Å². The van der Waals surface area contributed by atoms with Crippen molar-refractivity contribution in [3.05, 3.63) is 142 Å². The van der Waals surface area contributed by atoms with Crippen molar-refractivity contribution in [1.82, 2.24) is 49.3 Å². The third kappa shape index (κ3) is 14.2. The van der Waals surface area contributed by atoms with Crippen LogP contribution in [0.5, 0.6) is 0 Å². The number of rotatable bonds is 13. The zero-order valence-electron chi connectivity index (χ0n) is 43.9. The second-order valence-electron chi connectivity index (χ2n) is 19.3. The molecule has 2 aliphatic rings. The van der Waals surface area contributed by atoms with Gasteiger partial charge < -0.3 is 26.0 Å². The van der Waals surface area contributed by atoms with E-state index in [4.69, 9.17) is 34.0 Å². The zero-order valence-corrected chi connectivity index (χ0v) is 45.4. The van der Waals surface area contributed by atoms with Gasteiger partial charge in [0.25, 0.3) is 0 Å². The Morgan fingerprint density at radius 1 is 0.634 bits per heavy atom. The van der Waals surface area contributed by atoms with Crippen molar-refractivity contribution in [1.29, 1.82) is 0 Å². The first-order valence-corrected chi connectivity index (χ1v) is 25.9. The van der Waals surface area contributed by atoms with Crippen molar-refractivity contribution >= 4 is 91.6 Å². The average molecular weight is 1170 g/mol. The number of nitrogens with two attached hydrogens (primary N) is 1. The number of likely N-dealkylation sites (tertiary alicyclic amines) is 2. The number of anilines is 2. The highest BCUT2D eigenvalue weighted by atomic mass is 35.5. The molecule has 4 atom stereocenters. The predicted molar refractivity (Wildman–Crippen MR) is 300 cm³/mol. The number of fused-ring (bicyclic) bond motifs is 2. The van der Waals surface area contributed by atoms with E-state index >= 15 is 0 Å². The van der Waals surface area contributed by atoms with Crippen LogP contribution in [0, 0.1) is 25.5 Å². The number of carboxylic acid groups (broad SMARTS) is 1. The molecule has 4 aromatic carbocycles. The molecule has 19 nitrogen and oxygen atoms in total. The monoisotopic (exact) mass is 1170 g/mol. The number of halogens is 6. The molecule has 0 saturated carbocycles. The Morgan fingerprint density at radius 3 is 1.48 bits per heavy atom. The van der Waals surface area contributed by atoms with Crippen molar-refractivity contribution in [3.8, 4) is 22.3 Å². The number of aliphatic carboxylic acids is 1. The van der Waals surface area contributed by atoms with Gasteiger partial charge in [-0.3, -0.25) is 38.1 Å². The number of amides is 3. The molecule has 2 saturated heterocycles. The van der Waals surface area contributed by atoms with Gasteiger partial charge in [0.1, 0.15) is 48.5 Å². The van der Waals surface area contributed by atoms with Gasteiger partial charge in [-0.15, -0.1) is 0 Å². The predicted octanol–water partition coefficient (Wildman–Crippen LogP) is 9.88. The minimum atomic E-state index is -1.31. The Bertz CT molecular complexity index is 3700.